The Morgan fingerprint density at radius 2 is 2.17 bits per heavy atom. The van der Waals surface area contributed by atoms with Crippen LogP contribution in [0.1, 0.15) is 13.3 Å². The summed E-state index contributed by atoms with van der Waals surface area (Å²) in [7, 11) is 0. The van der Waals surface area contributed by atoms with Gasteiger partial charge in [-0.2, -0.15) is 0 Å². The topological polar surface area (TPSA) is 30.5 Å². The summed E-state index contributed by atoms with van der Waals surface area (Å²) in [5.41, 5.74) is 0. The Morgan fingerprint density at radius 3 is 2.78 bits per heavy atom. The summed E-state index contributed by atoms with van der Waals surface area (Å²) < 4.78 is 11.6. The highest BCUT2D eigenvalue weighted by atomic mass is 35.5. The zero-order valence-electron chi connectivity index (χ0n) is 10.7. The van der Waals surface area contributed by atoms with Crippen LogP contribution in [0.25, 0.3) is 0 Å². The van der Waals surface area contributed by atoms with E-state index < -0.39 is 0 Å². The van der Waals surface area contributed by atoms with Gasteiger partial charge in [-0.25, -0.2) is 0 Å². The third-order valence-corrected chi connectivity index (χ3v) is 3.46. The smallest absolute Gasteiger partial charge is 0.126 e. The molecule has 0 bridgehead atoms. The van der Waals surface area contributed by atoms with Gasteiger partial charge < -0.3 is 14.8 Å². The minimum atomic E-state index is 0.112. The Kier molecular flexibility index (Phi) is 5.29. The number of ether oxygens (including phenoxy) is 2. The van der Waals surface area contributed by atoms with E-state index in [4.69, 9.17) is 21.1 Å². The number of benzene rings is 1. The van der Waals surface area contributed by atoms with E-state index in [1.165, 1.54) is 0 Å². The second kappa shape index (κ2) is 6.98. The van der Waals surface area contributed by atoms with Crippen molar-refractivity contribution in [2.45, 2.75) is 19.4 Å². The zero-order chi connectivity index (χ0) is 12.8. The normalized spacial score (nSPS) is 20.9. The van der Waals surface area contributed by atoms with Gasteiger partial charge in [-0.05, 0) is 44.2 Å². The monoisotopic (exact) mass is 269 g/mol. The third-order valence-electron chi connectivity index (χ3n) is 3.21. The molecule has 0 saturated carbocycles. The lowest BCUT2D eigenvalue weighted by Gasteiger charge is -2.24. The first-order valence-corrected chi connectivity index (χ1v) is 6.88. The fourth-order valence-electron chi connectivity index (χ4n) is 2.18. The molecule has 0 aromatic heterocycles. The molecule has 1 aromatic rings. The fraction of sp³-hybridized carbons (Fsp3) is 0.571. The minimum absolute atomic E-state index is 0.112. The van der Waals surface area contributed by atoms with Gasteiger partial charge in [0, 0.05) is 24.1 Å². The van der Waals surface area contributed by atoms with Crippen LogP contribution in [-0.4, -0.2) is 32.4 Å². The molecule has 1 aromatic carbocycles. The van der Waals surface area contributed by atoms with E-state index in [9.17, 15) is 0 Å². The lowest BCUT2D eigenvalue weighted by molar-refractivity contribution is 0.0291. The molecule has 3 nitrogen and oxygen atoms in total. The maximum Gasteiger partial charge on any atom is 0.126 e. The number of nitrogens with one attached hydrogen (secondary N) is 1. The number of halogens is 1. The van der Waals surface area contributed by atoms with Gasteiger partial charge in [-0.15, -0.1) is 0 Å². The lowest BCUT2D eigenvalue weighted by Crippen LogP contribution is -2.33. The van der Waals surface area contributed by atoms with Gasteiger partial charge in [0.05, 0.1) is 6.61 Å². The minimum Gasteiger partial charge on any atom is -0.488 e. The Morgan fingerprint density at radius 1 is 1.39 bits per heavy atom. The van der Waals surface area contributed by atoms with Crippen LogP contribution in [0.5, 0.6) is 5.75 Å². The predicted molar refractivity (Wildman–Crippen MR) is 73.3 cm³/mol. The lowest BCUT2D eigenvalue weighted by atomic mass is 10.0. The maximum absolute atomic E-state index is 6.03. The van der Waals surface area contributed by atoms with Crippen molar-refractivity contribution in [1.29, 1.82) is 0 Å². The van der Waals surface area contributed by atoms with Gasteiger partial charge in [-0.3, -0.25) is 0 Å². The van der Waals surface area contributed by atoms with E-state index >= 15 is 0 Å². The predicted octanol–water partition coefficient (Wildman–Crippen LogP) is 2.73. The van der Waals surface area contributed by atoms with Gasteiger partial charge in [0.25, 0.3) is 0 Å². The van der Waals surface area contributed by atoms with Crippen molar-refractivity contribution in [3.8, 4) is 5.75 Å². The van der Waals surface area contributed by atoms with Crippen molar-refractivity contribution in [3.05, 3.63) is 29.3 Å². The van der Waals surface area contributed by atoms with Crippen molar-refractivity contribution in [1.82, 2.24) is 5.32 Å². The molecule has 1 aliphatic heterocycles. The second-order valence-electron chi connectivity index (χ2n) is 4.52. The van der Waals surface area contributed by atoms with Gasteiger partial charge in [0.2, 0.25) is 0 Å². The van der Waals surface area contributed by atoms with Crippen molar-refractivity contribution >= 4 is 11.6 Å². The van der Waals surface area contributed by atoms with Gasteiger partial charge in [-0.1, -0.05) is 11.6 Å². The molecule has 100 valence electrons. The number of hydrogen-bond donors (Lipinski definition) is 1. The molecule has 0 amide bonds. The Hall–Kier alpha value is -0.770. The van der Waals surface area contributed by atoms with Gasteiger partial charge >= 0.3 is 0 Å². The highest BCUT2D eigenvalue weighted by Gasteiger charge is 2.26. The summed E-state index contributed by atoms with van der Waals surface area (Å²) in [5, 5.41) is 4.10. The summed E-state index contributed by atoms with van der Waals surface area (Å²) in [6.07, 6.45) is 1.26. The standard InChI is InChI=1S/C14H20ClNO2/c1-2-17-10-14(11-7-8-16-9-11)18-13-5-3-12(15)4-6-13/h3-6,11,14,16H,2,7-10H2,1H3/t11-,14-/m0/s1. The molecule has 2 rings (SSSR count). The molecule has 1 saturated heterocycles. The molecular formula is C14H20ClNO2. The van der Waals surface area contributed by atoms with E-state index in [1.54, 1.807) is 0 Å². The van der Waals surface area contributed by atoms with Crippen LogP contribution in [0.2, 0.25) is 5.02 Å². The molecule has 1 aliphatic rings. The van der Waals surface area contributed by atoms with Crippen LogP contribution in [0.4, 0.5) is 0 Å². The van der Waals surface area contributed by atoms with E-state index in [1.807, 2.05) is 31.2 Å². The van der Waals surface area contributed by atoms with E-state index in [2.05, 4.69) is 5.32 Å². The van der Waals surface area contributed by atoms with Crippen molar-refractivity contribution in [2.75, 3.05) is 26.3 Å². The first kappa shape index (κ1) is 13.7. The molecule has 0 spiro atoms. The molecule has 4 heteroatoms. The molecule has 18 heavy (non-hydrogen) atoms. The van der Waals surface area contributed by atoms with E-state index in [0.29, 0.717) is 12.5 Å². The molecule has 1 heterocycles. The number of hydrogen-bond acceptors (Lipinski definition) is 3. The molecule has 0 unspecified atom stereocenters. The van der Waals surface area contributed by atoms with E-state index in [-0.39, 0.29) is 6.10 Å². The summed E-state index contributed by atoms with van der Waals surface area (Å²) >= 11 is 5.87. The third kappa shape index (κ3) is 3.87. The van der Waals surface area contributed by atoms with Gasteiger partial charge in [0.1, 0.15) is 11.9 Å². The molecular weight excluding hydrogens is 250 g/mol. The first-order chi connectivity index (χ1) is 8.79. The average Bonchev–Trinajstić information content (AvgIpc) is 2.90. The Labute approximate surface area is 113 Å². The van der Waals surface area contributed by atoms with Gasteiger partial charge in [0.15, 0.2) is 0 Å². The maximum atomic E-state index is 6.03. The van der Waals surface area contributed by atoms with Crippen LogP contribution >= 0.6 is 11.6 Å². The zero-order valence-corrected chi connectivity index (χ0v) is 11.5. The van der Waals surface area contributed by atoms with Crippen LogP contribution in [0, 0.1) is 5.92 Å². The summed E-state index contributed by atoms with van der Waals surface area (Å²) in [4.78, 5) is 0. The average molecular weight is 270 g/mol. The quantitative estimate of drug-likeness (QED) is 0.861. The highest BCUT2D eigenvalue weighted by molar-refractivity contribution is 6.30. The van der Waals surface area contributed by atoms with Crippen LogP contribution < -0.4 is 10.1 Å². The van der Waals surface area contributed by atoms with Crippen LogP contribution in [0.3, 0.4) is 0 Å². The number of rotatable bonds is 6. The largest absolute Gasteiger partial charge is 0.488 e. The molecule has 1 fully saturated rings. The van der Waals surface area contributed by atoms with Crippen molar-refractivity contribution in [2.24, 2.45) is 5.92 Å². The van der Waals surface area contributed by atoms with Crippen LogP contribution in [0.15, 0.2) is 24.3 Å². The molecule has 0 radical (unpaired) electrons. The summed E-state index contributed by atoms with van der Waals surface area (Å²) in [5.74, 6) is 1.38. The Balaban J connectivity index is 1.97. The molecule has 2 atom stereocenters. The Bertz CT molecular complexity index is 349. The highest BCUT2D eigenvalue weighted by Crippen LogP contribution is 2.22. The first-order valence-electron chi connectivity index (χ1n) is 6.50. The molecule has 1 N–H and O–H groups in total. The summed E-state index contributed by atoms with van der Waals surface area (Å²) in [6, 6.07) is 7.51. The SMILES string of the molecule is CCOC[C@H](Oc1ccc(Cl)cc1)[C@H]1CCNC1. The fourth-order valence-corrected chi connectivity index (χ4v) is 2.31. The van der Waals surface area contributed by atoms with Crippen molar-refractivity contribution in [3.63, 3.8) is 0 Å². The second-order valence-corrected chi connectivity index (χ2v) is 4.96. The van der Waals surface area contributed by atoms with Crippen molar-refractivity contribution < 1.29 is 9.47 Å². The van der Waals surface area contributed by atoms with Crippen LogP contribution in [-0.2, 0) is 4.74 Å². The van der Waals surface area contributed by atoms with E-state index in [0.717, 1.165) is 36.9 Å². The molecule has 0 aliphatic carbocycles. The summed E-state index contributed by atoms with van der Waals surface area (Å²) in [6.45, 7) is 5.45.